The van der Waals surface area contributed by atoms with Gasteiger partial charge in [0.2, 0.25) is 0 Å². The average Bonchev–Trinajstić information content (AvgIpc) is 2.43. The minimum atomic E-state index is -0.385. The van der Waals surface area contributed by atoms with Gasteiger partial charge < -0.3 is 4.74 Å². The van der Waals surface area contributed by atoms with E-state index in [2.05, 4.69) is 15.9 Å². The molecule has 0 amide bonds. The summed E-state index contributed by atoms with van der Waals surface area (Å²) in [6, 6.07) is 7.90. The Balaban J connectivity index is 2.48. The van der Waals surface area contributed by atoms with Crippen LogP contribution in [0.5, 0.6) is 5.75 Å². The molecule has 0 saturated heterocycles. The number of halogens is 2. The lowest BCUT2D eigenvalue weighted by Gasteiger charge is -2.11. The van der Waals surface area contributed by atoms with Gasteiger partial charge >= 0.3 is 0 Å². The molecule has 0 fully saturated rings. The maximum Gasteiger partial charge on any atom is 0.193 e. The largest absolute Gasteiger partial charge is 0.496 e. The first-order valence-electron chi connectivity index (χ1n) is 6.09. The molecule has 2 aromatic rings. The van der Waals surface area contributed by atoms with Gasteiger partial charge in [-0.05, 0) is 71.2 Å². The van der Waals surface area contributed by atoms with Crippen molar-refractivity contribution in [3.8, 4) is 5.75 Å². The van der Waals surface area contributed by atoms with Gasteiger partial charge in [0, 0.05) is 11.1 Å². The fourth-order valence-electron chi connectivity index (χ4n) is 2.05. The van der Waals surface area contributed by atoms with Gasteiger partial charge in [-0.1, -0.05) is 0 Å². The molecule has 0 saturated carbocycles. The molecule has 0 spiro atoms. The van der Waals surface area contributed by atoms with Crippen molar-refractivity contribution in [2.75, 3.05) is 7.11 Å². The van der Waals surface area contributed by atoms with Crippen LogP contribution in [-0.2, 0) is 0 Å². The monoisotopic (exact) mass is 336 g/mol. The molecule has 0 aliphatic carbocycles. The molecule has 0 aliphatic rings. The van der Waals surface area contributed by atoms with Crippen molar-refractivity contribution in [3.05, 3.63) is 62.9 Å². The van der Waals surface area contributed by atoms with Gasteiger partial charge in [0.15, 0.2) is 5.78 Å². The van der Waals surface area contributed by atoms with Gasteiger partial charge in [-0.15, -0.1) is 0 Å². The van der Waals surface area contributed by atoms with E-state index in [1.807, 2.05) is 19.9 Å². The topological polar surface area (TPSA) is 26.3 Å². The van der Waals surface area contributed by atoms with Crippen molar-refractivity contribution in [1.82, 2.24) is 0 Å². The Bertz CT molecular complexity index is 680. The van der Waals surface area contributed by atoms with Gasteiger partial charge in [0.25, 0.3) is 0 Å². The second-order valence-electron chi connectivity index (χ2n) is 4.59. The van der Waals surface area contributed by atoms with Crippen LogP contribution >= 0.6 is 15.9 Å². The molecule has 104 valence electrons. The first-order chi connectivity index (χ1) is 9.43. The van der Waals surface area contributed by atoms with Crippen molar-refractivity contribution in [2.24, 2.45) is 0 Å². The van der Waals surface area contributed by atoms with E-state index in [9.17, 15) is 9.18 Å². The van der Waals surface area contributed by atoms with Crippen molar-refractivity contribution >= 4 is 21.7 Å². The lowest BCUT2D eigenvalue weighted by molar-refractivity contribution is 0.103. The Labute approximate surface area is 125 Å². The number of rotatable bonds is 3. The van der Waals surface area contributed by atoms with Crippen LogP contribution < -0.4 is 4.74 Å². The van der Waals surface area contributed by atoms with Gasteiger partial charge in [0.1, 0.15) is 11.6 Å². The lowest BCUT2D eigenvalue weighted by Crippen LogP contribution is -2.05. The Morgan fingerprint density at radius 3 is 2.45 bits per heavy atom. The summed E-state index contributed by atoms with van der Waals surface area (Å²) < 4.78 is 18.7. The number of ketones is 1. The first kappa shape index (κ1) is 14.7. The van der Waals surface area contributed by atoms with Gasteiger partial charge in [-0.25, -0.2) is 4.39 Å². The molecule has 0 unspecified atom stereocenters. The highest BCUT2D eigenvalue weighted by Crippen LogP contribution is 2.25. The third-order valence-electron chi connectivity index (χ3n) is 3.17. The molecule has 0 aliphatic heterocycles. The van der Waals surface area contributed by atoms with Crippen molar-refractivity contribution < 1.29 is 13.9 Å². The number of carbonyl (C=O) groups is 1. The molecule has 0 heterocycles. The number of hydrogen-bond donors (Lipinski definition) is 0. The quantitative estimate of drug-likeness (QED) is 0.774. The van der Waals surface area contributed by atoms with Crippen LogP contribution in [-0.4, -0.2) is 12.9 Å². The Morgan fingerprint density at radius 1 is 1.15 bits per heavy atom. The van der Waals surface area contributed by atoms with Gasteiger partial charge in [-0.2, -0.15) is 0 Å². The summed E-state index contributed by atoms with van der Waals surface area (Å²) in [7, 11) is 1.60. The van der Waals surface area contributed by atoms with Gasteiger partial charge in [0.05, 0.1) is 11.6 Å². The molecule has 2 aromatic carbocycles. The average molecular weight is 337 g/mol. The number of ether oxygens (including phenoxy) is 1. The molecular weight excluding hydrogens is 323 g/mol. The number of hydrogen-bond acceptors (Lipinski definition) is 2. The van der Waals surface area contributed by atoms with E-state index in [1.54, 1.807) is 13.2 Å². The highest BCUT2D eigenvalue weighted by molar-refractivity contribution is 9.10. The molecule has 0 bridgehead atoms. The summed E-state index contributed by atoms with van der Waals surface area (Å²) in [5.74, 6) is 0.234. The fourth-order valence-corrected chi connectivity index (χ4v) is 2.43. The van der Waals surface area contributed by atoms with Crippen LogP contribution in [0, 0.1) is 19.7 Å². The molecule has 2 nitrogen and oxygen atoms in total. The minimum Gasteiger partial charge on any atom is -0.496 e. The highest BCUT2D eigenvalue weighted by atomic mass is 79.9. The van der Waals surface area contributed by atoms with E-state index in [1.165, 1.54) is 18.2 Å². The number of methoxy groups -OCH3 is 1. The summed E-state index contributed by atoms with van der Waals surface area (Å²) >= 11 is 3.10. The summed E-state index contributed by atoms with van der Waals surface area (Å²) in [5, 5.41) is 0. The Morgan fingerprint density at radius 2 is 1.85 bits per heavy atom. The van der Waals surface area contributed by atoms with E-state index in [0.717, 1.165) is 16.9 Å². The third kappa shape index (κ3) is 2.75. The maximum absolute atomic E-state index is 13.2. The van der Waals surface area contributed by atoms with Crippen LogP contribution in [0.15, 0.2) is 34.8 Å². The number of aryl methyl sites for hydroxylation is 2. The van der Waals surface area contributed by atoms with E-state index in [0.29, 0.717) is 11.1 Å². The summed E-state index contributed by atoms with van der Waals surface area (Å²) in [5.41, 5.74) is 2.77. The van der Waals surface area contributed by atoms with E-state index in [-0.39, 0.29) is 16.1 Å². The molecule has 0 N–H and O–H groups in total. The summed E-state index contributed by atoms with van der Waals surface area (Å²) in [4.78, 5) is 12.5. The van der Waals surface area contributed by atoms with Crippen molar-refractivity contribution in [1.29, 1.82) is 0 Å². The molecule has 0 aromatic heterocycles. The lowest BCUT2D eigenvalue weighted by atomic mass is 9.97. The summed E-state index contributed by atoms with van der Waals surface area (Å²) in [6.45, 7) is 3.74. The Kier molecular flexibility index (Phi) is 4.23. The van der Waals surface area contributed by atoms with Crippen molar-refractivity contribution in [3.63, 3.8) is 0 Å². The van der Waals surface area contributed by atoms with E-state index < -0.39 is 0 Å². The van der Waals surface area contributed by atoms with Crippen molar-refractivity contribution in [2.45, 2.75) is 13.8 Å². The molecular formula is C16H14BrFO2. The maximum atomic E-state index is 13.2. The number of benzene rings is 2. The zero-order valence-corrected chi connectivity index (χ0v) is 13.0. The first-order valence-corrected chi connectivity index (χ1v) is 6.88. The number of carbonyl (C=O) groups excluding carboxylic acids is 1. The third-order valence-corrected chi connectivity index (χ3v) is 3.78. The van der Waals surface area contributed by atoms with Crippen LogP contribution in [0.3, 0.4) is 0 Å². The van der Waals surface area contributed by atoms with E-state index in [4.69, 9.17) is 4.74 Å². The Hall–Kier alpha value is -1.68. The normalized spacial score (nSPS) is 10.4. The molecule has 4 heteroatoms. The molecule has 2 rings (SSSR count). The predicted molar refractivity (Wildman–Crippen MR) is 80.0 cm³/mol. The zero-order valence-electron chi connectivity index (χ0n) is 11.5. The SMILES string of the molecule is COc1cc(C)c(C(=O)c2ccc(F)c(Br)c2)cc1C. The van der Waals surface area contributed by atoms with Gasteiger partial charge in [-0.3, -0.25) is 4.79 Å². The van der Waals surface area contributed by atoms with Crippen LogP contribution in [0.2, 0.25) is 0 Å². The standard InChI is InChI=1S/C16H14BrFO2/c1-9-7-15(20-3)10(2)6-12(9)16(19)11-4-5-14(18)13(17)8-11/h4-8H,1-3H3. The smallest absolute Gasteiger partial charge is 0.193 e. The van der Waals surface area contributed by atoms with E-state index >= 15 is 0 Å². The minimum absolute atomic E-state index is 0.131. The predicted octanol–water partition coefficient (Wildman–Crippen LogP) is 4.44. The highest BCUT2D eigenvalue weighted by Gasteiger charge is 2.15. The second-order valence-corrected chi connectivity index (χ2v) is 5.45. The molecule has 20 heavy (non-hydrogen) atoms. The van der Waals surface area contributed by atoms with Crippen LogP contribution in [0.1, 0.15) is 27.0 Å². The molecule has 0 radical (unpaired) electrons. The molecule has 0 atom stereocenters. The summed E-state index contributed by atoms with van der Waals surface area (Å²) in [6.07, 6.45) is 0. The fraction of sp³-hybridized carbons (Fsp3) is 0.188. The van der Waals surface area contributed by atoms with Crippen LogP contribution in [0.4, 0.5) is 4.39 Å². The van der Waals surface area contributed by atoms with Crippen LogP contribution in [0.25, 0.3) is 0 Å². The zero-order chi connectivity index (χ0) is 14.9. The second kappa shape index (κ2) is 5.75.